The Hall–Kier alpha value is -1.71. The monoisotopic (exact) mass is 305 g/mol. The largest absolute Gasteiger partial charge is 0.491 e. The molecule has 0 saturated heterocycles. The van der Waals surface area contributed by atoms with E-state index in [1.54, 1.807) is 7.11 Å². The van der Waals surface area contributed by atoms with E-state index in [0.717, 1.165) is 27.6 Å². The van der Waals surface area contributed by atoms with Gasteiger partial charge in [-0.1, -0.05) is 35.9 Å². The van der Waals surface area contributed by atoms with Crippen molar-refractivity contribution in [3.63, 3.8) is 0 Å². The van der Waals surface area contributed by atoms with Crippen LogP contribution in [0, 0.1) is 6.92 Å². The fourth-order valence-corrected chi connectivity index (χ4v) is 2.19. The van der Waals surface area contributed by atoms with Crippen molar-refractivity contribution in [3.05, 3.63) is 58.6 Å². The third-order valence-corrected chi connectivity index (χ3v) is 3.66. The number of rotatable bonds is 7. The van der Waals surface area contributed by atoms with E-state index >= 15 is 0 Å². The molecule has 0 heterocycles. The van der Waals surface area contributed by atoms with Gasteiger partial charge in [0, 0.05) is 29.9 Å². The summed E-state index contributed by atoms with van der Waals surface area (Å²) in [7, 11) is 1.67. The van der Waals surface area contributed by atoms with E-state index in [9.17, 15) is 0 Å². The van der Waals surface area contributed by atoms with Crippen molar-refractivity contribution in [2.45, 2.75) is 13.5 Å². The van der Waals surface area contributed by atoms with Crippen LogP contribution in [0.2, 0.25) is 5.02 Å². The molecule has 0 amide bonds. The van der Waals surface area contributed by atoms with Gasteiger partial charge in [0.25, 0.3) is 0 Å². The summed E-state index contributed by atoms with van der Waals surface area (Å²) in [6.45, 7) is 3.81. The van der Waals surface area contributed by atoms with Crippen molar-refractivity contribution >= 4 is 17.3 Å². The average molecular weight is 306 g/mol. The lowest BCUT2D eigenvalue weighted by Gasteiger charge is -2.14. The molecule has 0 aromatic heterocycles. The maximum atomic E-state index is 6.13. The van der Waals surface area contributed by atoms with Crippen LogP contribution in [0.15, 0.2) is 42.5 Å². The Kier molecular flexibility index (Phi) is 5.90. The standard InChI is InChI=1S/C17H20ClNO2/c1-13-15(18)7-5-8-16(13)19-12-14-6-3-4-9-17(14)21-11-10-20-2/h3-9,19H,10-12H2,1-2H3. The number of anilines is 1. The second-order valence-electron chi connectivity index (χ2n) is 4.71. The van der Waals surface area contributed by atoms with Crippen LogP contribution in [-0.4, -0.2) is 20.3 Å². The van der Waals surface area contributed by atoms with Gasteiger partial charge in [-0.15, -0.1) is 0 Å². The van der Waals surface area contributed by atoms with Gasteiger partial charge in [-0.05, 0) is 30.7 Å². The first kappa shape index (κ1) is 15.7. The maximum Gasteiger partial charge on any atom is 0.124 e. The lowest BCUT2D eigenvalue weighted by atomic mass is 10.1. The summed E-state index contributed by atoms with van der Waals surface area (Å²) in [6.07, 6.45) is 0. The zero-order valence-electron chi connectivity index (χ0n) is 12.4. The van der Waals surface area contributed by atoms with Crippen LogP contribution >= 0.6 is 11.6 Å². The maximum absolute atomic E-state index is 6.13. The van der Waals surface area contributed by atoms with Crippen molar-refractivity contribution in [2.24, 2.45) is 0 Å². The molecule has 4 heteroatoms. The first-order valence-corrected chi connectivity index (χ1v) is 7.29. The minimum atomic E-state index is 0.545. The van der Waals surface area contributed by atoms with Gasteiger partial charge in [-0.3, -0.25) is 0 Å². The van der Waals surface area contributed by atoms with Crippen LogP contribution in [0.3, 0.4) is 0 Å². The molecule has 0 unspecified atom stereocenters. The van der Waals surface area contributed by atoms with Gasteiger partial charge in [0.15, 0.2) is 0 Å². The Balaban J connectivity index is 2.04. The summed E-state index contributed by atoms with van der Waals surface area (Å²) in [5, 5.41) is 4.17. The van der Waals surface area contributed by atoms with Crippen molar-refractivity contribution in [1.82, 2.24) is 0 Å². The zero-order chi connectivity index (χ0) is 15.1. The second kappa shape index (κ2) is 7.91. The van der Waals surface area contributed by atoms with Crippen LogP contribution in [0.1, 0.15) is 11.1 Å². The fraction of sp³-hybridized carbons (Fsp3) is 0.294. The van der Waals surface area contributed by atoms with E-state index in [-0.39, 0.29) is 0 Å². The quantitative estimate of drug-likeness (QED) is 0.774. The highest BCUT2D eigenvalue weighted by molar-refractivity contribution is 6.31. The van der Waals surface area contributed by atoms with Gasteiger partial charge in [0.1, 0.15) is 12.4 Å². The van der Waals surface area contributed by atoms with Gasteiger partial charge in [-0.25, -0.2) is 0 Å². The highest BCUT2D eigenvalue weighted by Gasteiger charge is 2.05. The van der Waals surface area contributed by atoms with Crippen molar-refractivity contribution < 1.29 is 9.47 Å². The molecule has 0 aliphatic carbocycles. The van der Waals surface area contributed by atoms with E-state index in [0.29, 0.717) is 19.8 Å². The predicted octanol–water partition coefficient (Wildman–Crippen LogP) is 4.29. The molecule has 0 aliphatic rings. The minimum Gasteiger partial charge on any atom is -0.491 e. The molecule has 21 heavy (non-hydrogen) atoms. The normalized spacial score (nSPS) is 10.4. The SMILES string of the molecule is COCCOc1ccccc1CNc1cccc(Cl)c1C. The number of halogens is 1. The molecular formula is C17H20ClNO2. The van der Waals surface area contributed by atoms with Gasteiger partial charge in [0.2, 0.25) is 0 Å². The summed E-state index contributed by atoms with van der Waals surface area (Å²) >= 11 is 6.13. The Morgan fingerprint density at radius 2 is 1.86 bits per heavy atom. The third-order valence-electron chi connectivity index (χ3n) is 3.25. The number of ether oxygens (including phenoxy) is 2. The van der Waals surface area contributed by atoms with Crippen molar-refractivity contribution in [3.8, 4) is 5.75 Å². The summed E-state index contributed by atoms with van der Waals surface area (Å²) in [6, 6.07) is 13.9. The number of methoxy groups -OCH3 is 1. The first-order chi connectivity index (χ1) is 10.2. The Morgan fingerprint density at radius 1 is 1.05 bits per heavy atom. The highest BCUT2D eigenvalue weighted by atomic mass is 35.5. The third kappa shape index (κ3) is 4.38. The van der Waals surface area contributed by atoms with E-state index in [2.05, 4.69) is 11.4 Å². The van der Waals surface area contributed by atoms with Crippen LogP contribution < -0.4 is 10.1 Å². The van der Waals surface area contributed by atoms with Gasteiger partial charge in [-0.2, -0.15) is 0 Å². The first-order valence-electron chi connectivity index (χ1n) is 6.91. The Labute approximate surface area is 130 Å². The van der Waals surface area contributed by atoms with Gasteiger partial charge in [0.05, 0.1) is 6.61 Å². The molecule has 2 aromatic rings. The lowest BCUT2D eigenvalue weighted by molar-refractivity contribution is 0.146. The molecule has 0 atom stereocenters. The van der Waals surface area contributed by atoms with Crippen LogP contribution in [0.25, 0.3) is 0 Å². The summed E-state index contributed by atoms with van der Waals surface area (Å²) in [5.74, 6) is 0.877. The van der Waals surface area contributed by atoms with Gasteiger partial charge < -0.3 is 14.8 Å². The van der Waals surface area contributed by atoms with Crippen molar-refractivity contribution in [1.29, 1.82) is 0 Å². The molecule has 0 aliphatic heterocycles. The van der Waals surface area contributed by atoms with E-state index in [1.807, 2.05) is 43.3 Å². The van der Waals surface area contributed by atoms with Crippen LogP contribution in [0.4, 0.5) is 5.69 Å². The Bertz CT molecular complexity index is 587. The summed E-state index contributed by atoms with van der Waals surface area (Å²) in [5.41, 5.74) is 3.19. The molecule has 0 saturated carbocycles. The van der Waals surface area contributed by atoms with E-state index in [4.69, 9.17) is 21.1 Å². The fourth-order valence-electron chi connectivity index (χ4n) is 2.02. The van der Waals surface area contributed by atoms with Crippen LogP contribution in [0.5, 0.6) is 5.75 Å². The molecule has 112 valence electrons. The zero-order valence-corrected chi connectivity index (χ0v) is 13.1. The molecule has 3 nitrogen and oxygen atoms in total. The number of hydrogen-bond donors (Lipinski definition) is 1. The second-order valence-corrected chi connectivity index (χ2v) is 5.12. The number of hydrogen-bond acceptors (Lipinski definition) is 3. The summed E-state index contributed by atoms with van der Waals surface area (Å²) in [4.78, 5) is 0. The number of benzene rings is 2. The molecule has 2 rings (SSSR count). The van der Waals surface area contributed by atoms with E-state index < -0.39 is 0 Å². The summed E-state index contributed by atoms with van der Waals surface area (Å²) < 4.78 is 10.7. The molecule has 2 aromatic carbocycles. The smallest absolute Gasteiger partial charge is 0.124 e. The molecular weight excluding hydrogens is 286 g/mol. The number of nitrogens with one attached hydrogen (secondary N) is 1. The molecule has 0 spiro atoms. The van der Waals surface area contributed by atoms with Crippen LogP contribution in [-0.2, 0) is 11.3 Å². The van der Waals surface area contributed by atoms with E-state index in [1.165, 1.54) is 0 Å². The van der Waals surface area contributed by atoms with Crippen molar-refractivity contribution in [2.75, 3.05) is 25.6 Å². The Morgan fingerprint density at radius 3 is 2.67 bits per heavy atom. The highest BCUT2D eigenvalue weighted by Crippen LogP contribution is 2.25. The van der Waals surface area contributed by atoms with Gasteiger partial charge >= 0.3 is 0 Å². The predicted molar refractivity (Wildman–Crippen MR) is 87.3 cm³/mol. The topological polar surface area (TPSA) is 30.5 Å². The molecule has 0 radical (unpaired) electrons. The number of para-hydroxylation sites is 1. The minimum absolute atomic E-state index is 0.545. The molecule has 0 fully saturated rings. The molecule has 0 bridgehead atoms. The molecule has 1 N–H and O–H groups in total. The average Bonchev–Trinajstić information content (AvgIpc) is 2.50. The lowest BCUT2D eigenvalue weighted by Crippen LogP contribution is -2.08.